The van der Waals surface area contributed by atoms with Gasteiger partial charge in [0.05, 0.1) is 0 Å². The first-order valence-corrected chi connectivity index (χ1v) is 5.40. The van der Waals surface area contributed by atoms with E-state index in [0.29, 0.717) is 6.04 Å². The topological polar surface area (TPSA) is 37.8 Å². The lowest BCUT2D eigenvalue weighted by molar-refractivity contribution is 0.480. The molecule has 1 N–H and O–H groups in total. The van der Waals surface area contributed by atoms with Gasteiger partial charge in [0, 0.05) is 12.2 Å². The van der Waals surface area contributed by atoms with Gasteiger partial charge in [-0.1, -0.05) is 12.8 Å². The van der Waals surface area contributed by atoms with E-state index < -0.39 is 0 Å². The highest BCUT2D eigenvalue weighted by Crippen LogP contribution is 2.28. The first kappa shape index (κ1) is 9.44. The summed E-state index contributed by atoms with van der Waals surface area (Å²) in [6, 6.07) is 4.41. The molecule has 1 unspecified atom stereocenters. The van der Waals surface area contributed by atoms with Crippen molar-refractivity contribution in [2.75, 3.05) is 5.32 Å². The number of nitrogens with zero attached hydrogens (tertiary/aromatic N) is 2. The maximum Gasteiger partial charge on any atom is 0.148 e. The Hall–Kier alpha value is -1.12. The highest BCUT2D eigenvalue weighted by molar-refractivity contribution is 5.32. The third-order valence-electron chi connectivity index (χ3n) is 3.05. The number of nitrogens with one attached hydrogen (secondary N) is 1. The van der Waals surface area contributed by atoms with Crippen molar-refractivity contribution in [2.45, 2.75) is 38.6 Å². The van der Waals surface area contributed by atoms with Crippen LogP contribution < -0.4 is 5.32 Å². The summed E-state index contributed by atoms with van der Waals surface area (Å²) in [5.74, 6) is 1.71. The van der Waals surface area contributed by atoms with Crippen molar-refractivity contribution in [3.63, 3.8) is 0 Å². The van der Waals surface area contributed by atoms with E-state index in [1.807, 2.05) is 12.1 Å². The molecule has 2 rings (SSSR count). The fraction of sp³-hybridized carbons (Fsp3) is 0.636. The summed E-state index contributed by atoms with van der Waals surface area (Å²) in [6.45, 7) is 2.24. The van der Waals surface area contributed by atoms with Crippen molar-refractivity contribution >= 4 is 5.82 Å². The van der Waals surface area contributed by atoms with Crippen LogP contribution in [0.15, 0.2) is 18.3 Å². The summed E-state index contributed by atoms with van der Waals surface area (Å²) in [5, 5.41) is 11.3. The molecule has 1 aliphatic rings. The minimum atomic E-state index is 0.522. The van der Waals surface area contributed by atoms with Gasteiger partial charge in [-0.25, -0.2) is 0 Å². The van der Waals surface area contributed by atoms with Crippen LogP contribution >= 0.6 is 0 Å². The summed E-state index contributed by atoms with van der Waals surface area (Å²) in [7, 11) is 0. The van der Waals surface area contributed by atoms with Gasteiger partial charge in [-0.3, -0.25) is 0 Å². The van der Waals surface area contributed by atoms with E-state index in [0.717, 1.165) is 11.7 Å². The molecule has 1 atom stereocenters. The van der Waals surface area contributed by atoms with Gasteiger partial charge < -0.3 is 5.32 Å². The zero-order valence-corrected chi connectivity index (χ0v) is 8.61. The van der Waals surface area contributed by atoms with Gasteiger partial charge in [0.2, 0.25) is 0 Å². The normalized spacial score (nSPS) is 19.5. The summed E-state index contributed by atoms with van der Waals surface area (Å²) in [5.41, 5.74) is 0. The van der Waals surface area contributed by atoms with E-state index in [4.69, 9.17) is 0 Å². The van der Waals surface area contributed by atoms with Gasteiger partial charge in [0.25, 0.3) is 0 Å². The van der Waals surface area contributed by atoms with Crippen LogP contribution in [0.2, 0.25) is 0 Å². The van der Waals surface area contributed by atoms with Crippen molar-refractivity contribution in [1.82, 2.24) is 10.2 Å². The van der Waals surface area contributed by atoms with Crippen molar-refractivity contribution < 1.29 is 0 Å². The number of anilines is 1. The smallest absolute Gasteiger partial charge is 0.148 e. The fourth-order valence-corrected chi connectivity index (χ4v) is 2.19. The minimum absolute atomic E-state index is 0.522. The number of rotatable bonds is 3. The molecule has 1 aromatic heterocycles. The standard InChI is InChI=1S/C11H17N3/c1-9(10-5-2-3-6-10)13-11-7-4-8-12-14-11/h4,7-10H,2-3,5-6H2,1H3,(H,13,14). The predicted molar refractivity (Wildman–Crippen MR) is 57.1 cm³/mol. The zero-order valence-electron chi connectivity index (χ0n) is 8.61. The van der Waals surface area contributed by atoms with Crippen molar-refractivity contribution in [1.29, 1.82) is 0 Å². The molecule has 0 bridgehead atoms. The molecule has 0 saturated heterocycles. The summed E-state index contributed by atoms with van der Waals surface area (Å²) < 4.78 is 0. The molecule has 1 heterocycles. The van der Waals surface area contributed by atoms with E-state index in [1.165, 1.54) is 25.7 Å². The molecular weight excluding hydrogens is 174 g/mol. The second kappa shape index (κ2) is 4.40. The first-order chi connectivity index (χ1) is 6.86. The van der Waals surface area contributed by atoms with E-state index in [2.05, 4.69) is 22.4 Å². The van der Waals surface area contributed by atoms with E-state index in [1.54, 1.807) is 6.20 Å². The molecule has 0 aliphatic heterocycles. The van der Waals surface area contributed by atoms with E-state index >= 15 is 0 Å². The Morgan fingerprint density at radius 2 is 2.21 bits per heavy atom. The monoisotopic (exact) mass is 191 g/mol. The molecule has 0 radical (unpaired) electrons. The van der Waals surface area contributed by atoms with Crippen LogP contribution in [-0.4, -0.2) is 16.2 Å². The van der Waals surface area contributed by atoms with E-state index in [-0.39, 0.29) is 0 Å². The second-order valence-electron chi connectivity index (χ2n) is 4.09. The largest absolute Gasteiger partial charge is 0.366 e. The molecule has 1 saturated carbocycles. The lowest BCUT2D eigenvalue weighted by Gasteiger charge is -2.20. The molecule has 1 fully saturated rings. The Morgan fingerprint density at radius 3 is 2.86 bits per heavy atom. The van der Waals surface area contributed by atoms with Gasteiger partial charge in [-0.15, -0.1) is 5.10 Å². The quantitative estimate of drug-likeness (QED) is 0.797. The molecule has 0 spiro atoms. The molecular formula is C11H17N3. The molecule has 0 aromatic carbocycles. The van der Waals surface area contributed by atoms with Gasteiger partial charge in [0.1, 0.15) is 5.82 Å². The Kier molecular flexibility index (Phi) is 2.96. The van der Waals surface area contributed by atoms with Crippen LogP contribution in [0.1, 0.15) is 32.6 Å². The molecule has 1 aromatic rings. The van der Waals surface area contributed by atoms with Crippen LogP contribution in [-0.2, 0) is 0 Å². The predicted octanol–water partition coefficient (Wildman–Crippen LogP) is 2.47. The van der Waals surface area contributed by atoms with Gasteiger partial charge in [-0.2, -0.15) is 5.10 Å². The molecule has 3 heteroatoms. The molecule has 14 heavy (non-hydrogen) atoms. The van der Waals surface area contributed by atoms with E-state index in [9.17, 15) is 0 Å². The Bertz CT molecular complexity index is 267. The lowest BCUT2D eigenvalue weighted by Crippen LogP contribution is -2.24. The molecule has 0 amide bonds. The molecule has 1 aliphatic carbocycles. The highest BCUT2D eigenvalue weighted by Gasteiger charge is 2.21. The van der Waals surface area contributed by atoms with Gasteiger partial charge in [0.15, 0.2) is 0 Å². The molecule has 3 nitrogen and oxygen atoms in total. The molecule has 76 valence electrons. The van der Waals surface area contributed by atoms with Crippen molar-refractivity contribution in [3.05, 3.63) is 18.3 Å². The van der Waals surface area contributed by atoms with Gasteiger partial charge in [-0.05, 0) is 37.8 Å². The van der Waals surface area contributed by atoms with Crippen molar-refractivity contribution in [3.8, 4) is 0 Å². The first-order valence-electron chi connectivity index (χ1n) is 5.40. The highest BCUT2D eigenvalue weighted by atomic mass is 15.2. The number of aromatic nitrogens is 2. The fourth-order valence-electron chi connectivity index (χ4n) is 2.19. The average Bonchev–Trinajstić information content (AvgIpc) is 2.72. The number of hydrogen-bond acceptors (Lipinski definition) is 3. The average molecular weight is 191 g/mol. The maximum atomic E-state index is 4.03. The Labute approximate surface area is 84.9 Å². The van der Waals surface area contributed by atoms with Crippen molar-refractivity contribution in [2.24, 2.45) is 5.92 Å². The third kappa shape index (κ3) is 2.22. The summed E-state index contributed by atoms with van der Waals surface area (Å²) >= 11 is 0. The lowest BCUT2D eigenvalue weighted by atomic mass is 10.00. The minimum Gasteiger partial charge on any atom is -0.366 e. The van der Waals surface area contributed by atoms with Crippen LogP contribution in [0, 0.1) is 5.92 Å². The summed E-state index contributed by atoms with van der Waals surface area (Å²) in [6.07, 6.45) is 7.18. The third-order valence-corrected chi connectivity index (χ3v) is 3.05. The Morgan fingerprint density at radius 1 is 1.43 bits per heavy atom. The van der Waals surface area contributed by atoms with Crippen LogP contribution in [0.4, 0.5) is 5.82 Å². The van der Waals surface area contributed by atoms with Crippen LogP contribution in [0.25, 0.3) is 0 Å². The van der Waals surface area contributed by atoms with Crippen LogP contribution in [0.3, 0.4) is 0 Å². The second-order valence-corrected chi connectivity index (χ2v) is 4.09. The SMILES string of the molecule is CC(Nc1cccnn1)C1CCCC1. The van der Waals surface area contributed by atoms with Gasteiger partial charge >= 0.3 is 0 Å². The maximum absolute atomic E-state index is 4.03. The van der Waals surface area contributed by atoms with Crippen LogP contribution in [0.5, 0.6) is 0 Å². The number of hydrogen-bond donors (Lipinski definition) is 1. The summed E-state index contributed by atoms with van der Waals surface area (Å²) in [4.78, 5) is 0. The zero-order chi connectivity index (χ0) is 9.80. The Balaban J connectivity index is 1.90.